The molecule has 1 heterocycles. The number of cyclic esters (lactones) is 2. The number of carbonyl (C=O) groups excluding carboxylic acids is 4. The maximum absolute atomic E-state index is 13.1. The molecule has 0 radical (unpaired) electrons. The summed E-state index contributed by atoms with van der Waals surface area (Å²) in [6, 6.07) is 0. The Labute approximate surface area is 164 Å². The monoisotopic (exact) mass is 388 g/mol. The summed E-state index contributed by atoms with van der Waals surface area (Å²) in [4.78, 5) is 50.8. The van der Waals surface area contributed by atoms with Gasteiger partial charge in [0, 0.05) is 24.7 Å². The second kappa shape index (κ2) is 6.39. The van der Waals surface area contributed by atoms with Crippen LogP contribution in [0.2, 0.25) is 0 Å². The molecule has 152 valence electrons. The van der Waals surface area contributed by atoms with Gasteiger partial charge in [0.25, 0.3) is 0 Å². The molecular weight excluding hydrogens is 360 g/mol. The van der Waals surface area contributed by atoms with Crippen molar-refractivity contribution in [3.63, 3.8) is 0 Å². The van der Waals surface area contributed by atoms with Crippen LogP contribution in [0.3, 0.4) is 0 Å². The molecule has 0 aromatic rings. The molecule has 0 aromatic carbocycles. The van der Waals surface area contributed by atoms with Crippen molar-refractivity contribution >= 4 is 23.5 Å². The van der Waals surface area contributed by atoms with E-state index >= 15 is 0 Å². The zero-order valence-corrected chi connectivity index (χ0v) is 16.2. The van der Waals surface area contributed by atoms with Gasteiger partial charge in [0.15, 0.2) is 0 Å². The van der Waals surface area contributed by atoms with E-state index in [9.17, 15) is 19.2 Å². The summed E-state index contributed by atoms with van der Waals surface area (Å²) in [7, 11) is 0. The highest BCUT2D eigenvalue weighted by Gasteiger charge is 2.66. The van der Waals surface area contributed by atoms with Crippen molar-refractivity contribution in [1.82, 2.24) is 0 Å². The fraction of sp³-hybridized carbons (Fsp3) is 0.818. The van der Waals surface area contributed by atoms with E-state index in [-0.39, 0.29) is 60.4 Å². The number of rotatable bonds is 0. The van der Waals surface area contributed by atoms with Gasteiger partial charge in [-0.2, -0.15) is 0 Å². The van der Waals surface area contributed by atoms with Crippen LogP contribution >= 0.6 is 0 Å². The van der Waals surface area contributed by atoms with Crippen LogP contribution in [-0.4, -0.2) is 36.7 Å². The number of carbonyl (C=O) groups is 4. The van der Waals surface area contributed by atoms with Crippen LogP contribution in [0, 0.1) is 34.5 Å². The Bertz CT molecular complexity index is 681. The van der Waals surface area contributed by atoms with Crippen molar-refractivity contribution in [3.8, 4) is 0 Å². The summed E-state index contributed by atoms with van der Waals surface area (Å²) in [5, 5.41) is 0. The zero-order valence-electron chi connectivity index (χ0n) is 16.2. The van der Waals surface area contributed by atoms with Crippen molar-refractivity contribution in [2.24, 2.45) is 34.5 Å². The first-order chi connectivity index (χ1) is 13.5. The summed E-state index contributed by atoms with van der Waals surface area (Å²) in [5.74, 6) is -0.424. The van der Waals surface area contributed by atoms with Gasteiger partial charge in [-0.25, -0.2) is 0 Å². The van der Waals surface area contributed by atoms with Crippen LogP contribution in [0.1, 0.15) is 64.2 Å². The van der Waals surface area contributed by atoms with E-state index in [2.05, 4.69) is 0 Å². The molecule has 1 saturated heterocycles. The van der Waals surface area contributed by atoms with Gasteiger partial charge in [-0.3, -0.25) is 19.2 Å². The van der Waals surface area contributed by atoms with Gasteiger partial charge in [0.2, 0.25) is 0 Å². The van der Waals surface area contributed by atoms with Crippen molar-refractivity contribution < 1.29 is 28.7 Å². The zero-order chi connectivity index (χ0) is 19.5. The number of hydrogen-bond donors (Lipinski definition) is 0. The van der Waals surface area contributed by atoms with Gasteiger partial charge in [0.1, 0.15) is 11.6 Å². The maximum atomic E-state index is 13.1. The smallest absolute Gasteiger partial charge is 0.313 e. The molecule has 28 heavy (non-hydrogen) atoms. The van der Waals surface area contributed by atoms with Crippen LogP contribution < -0.4 is 0 Å². The average molecular weight is 388 g/mol. The van der Waals surface area contributed by atoms with E-state index in [1.54, 1.807) is 0 Å². The lowest BCUT2D eigenvalue weighted by Gasteiger charge is -2.57. The van der Waals surface area contributed by atoms with Crippen LogP contribution in [0.5, 0.6) is 0 Å². The molecule has 0 aromatic heterocycles. The number of hydrogen-bond acceptors (Lipinski definition) is 6. The SMILES string of the molecule is O=C1CCC[C@@]23C(=O)OCC[C@H]4C[C@H]5C(=O)CCC[C@@]45C(=O)OCC[C@H]2C[C@@H]13. The van der Waals surface area contributed by atoms with Crippen molar-refractivity contribution in [2.75, 3.05) is 13.2 Å². The number of ether oxygens (including phenoxy) is 2. The Hall–Kier alpha value is -1.72. The molecule has 6 nitrogen and oxygen atoms in total. The minimum absolute atomic E-state index is 0.0416. The number of ketones is 2. The van der Waals surface area contributed by atoms with Crippen LogP contribution in [-0.2, 0) is 28.7 Å². The van der Waals surface area contributed by atoms with Crippen molar-refractivity contribution in [2.45, 2.75) is 64.2 Å². The highest BCUT2D eigenvalue weighted by molar-refractivity contribution is 5.93. The number of Topliss-reactive ketones (excluding diaryl/α,β-unsaturated/α-hetero) is 2. The summed E-state index contributed by atoms with van der Waals surface area (Å²) in [6.07, 6.45) is 6.54. The van der Waals surface area contributed by atoms with E-state index in [4.69, 9.17) is 9.47 Å². The highest BCUT2D eigenvalue weighted by atomic mass is 16.5. The molecule has 2 spiro atoms. The molecule has 0 bridgehead atoms. The summed E-state index contributed by atoms with van der Waals surface area (Å²) < 4.78 is 11.4. The third-order valence-electron chi connectivity index (χ3n) is 8.70. The number of esters is 2. The van der Waals surface area contributed by atoms with Gasteiger partial charge in [-0.05, 0) is 63.2 Å². The first-order valence-electron chi connectivity index (χ1n) is 10.9. The quantitative estimate of drug-likeness (QED) is 0.593. The highest BCUT2D eigenvalue weighted by Crippen LogP contribution is 2.62. The van der Waals surface area contributed by atoms with Crippen molar-refractivity contribution in [1.29, 1.82) is 0 Å². The third-order valence-corrected chi connectivity index (χ3v) is 8.70. The van der Waals surface area contributed by atoms with E-state index < -0.39 is 10.8 Å². The van der Waals surface area contributed by atoms with Gasteiger partial charge in [-0.15, -0.1) is 0 Å². The maximum Gasteiger partial charge on any atom is 0.313 e. The summed E-state index contributed by atoms with van der Waals surface area (Å²) in [6.45, 7) is 0.518. The third kappa shape index (κ3) is 2.26. The van der Waals surface area contributed by atoms with Crippen LogP contribution in [0.25, 0.3) is 0 Å². The molecule has 6 heteroatoms. The minimum Gasteiger partial charge on any atom is -0.465 e. The second-order valence-electron chi connectivity index (χ2n) is 9.54. The first-order valence-corrected chi connectivity index (χ1v) is 10.9. The van der Waals surface area contributed by atoms with E-state index in [1.165, 1.54) is 0 Å². The normalized spacial score (nSPS) is 46.0. The van der Waals surface area contributed by atoms with Gasteiger partial charge in [0.05, 0.1) is 24.0 Å². The molecule has 6 atom stereocenters. The molecular formula is C22H28O6. The fourth-order valence-electron chi connectivity index (χ4n) is 7.14. The predicted molar refractivity (Wildman–Crippen MR) is 96.9 cm³/mol. The first kappa shape index (κ1) is 18.3. The molecule has 5 fully saturated rings. The average Bonchev–Trinajstić information content (AvgIpc) is 2.64. The predicted octanol–water partition coefficient (Wildman–Crippen LogP) is 2.62. The van der Waals surface area contributed by atoms with E-state index in [0.717, 1.165) is 12.8 Å². The van der Waals surface area contributed by atoms with E-state index in [1.807, 2.05) is 0 Å². The van der Waals surface area contributed by atoms with E-state index in [0.29, 0.717) is 51.4 Å². The topological polar surface area (TPSA) is 86.7 Å². The fourth-order valence-corrected chi connectivity index (χ4v) is 7.14. The van der Waals surface area contributed by atoms with Gasteiger partial charge >= 0.3 is 11.9 Å². The lowest BCUT2D eigenvalue weighted by Crippen LogP contribution is -2.62. The van der Waals surface area contributed by atoms with Crippen molar-refractivity contribution in [3.05, 3.63) is 0 Å². The molecule has 1 aliphatic heterocycles. The van der Waals surface area contributed by atoms with Crippen LogP contribution in [0.15, 0.2) is 0 Å². The Morgan fingerprint density at radius 3 is 1.54 bits per heavy atom. The summed E-state index contributed by atoms with van der Waals surface area (Å²) in [5.41, 5.74) is -1.39. The minimum atomic E-state index is -0.693. The Morgan fingerprint density at radius 1 is 0.679 bits per heavy atom. The molecule has 5 rings (SSSR count). The standard InChI is InChI=1S/C22H28O6/c23-17-3-1-7-21-13(11-15(17)21)5-9-28-20(26)22-8-2-4-18(24)16(22)12-14(22)6-10-27-19(21)25/h13-16H,1-12H2/t13-,14-,15-,16-,21+,22+/m0/s1. The Balaban J connectivity index is 1.38. The molecule has 0 N–H and O–H groups in total. The molecule has 0 unspecified atom stereocenters. The molecule has 4 aliphatic carbocycles. The summed E-state index contributed by atoms with van der Waals surface area (Å²) >= 11 is 0. The van der Waals surface area contributed by atoms with Gasteiger partial charge < -0.3 is 9.47 Å². The van der Waals surface area contributed by atoms with Crippen LogP contribution in [0.4, 0.5) is 0 Å². The lowest BCUT2D eigenvalue weighted by molar-refractivity contribution is -0.200. The molecule has 0 amide bonds. The van der Waals surface area contributed by atoms with Gasteiger partial charge in [-0.1, -0.05) is 0 Å². The Morgan fingerprint density at radius 2 is 1.11 bits per heavy atom. The largest absolute Gasteiger partial charge is 0.465 e. The lowest BCUT2D eigenvalue weighted by atomic mass is 9.46. The molecule has 4 saturated carbocycles. The Kier molecular flexibility index (Phi) is 4.18. The molecule has 5 aliphatic rings. The second-order valence-corrected chi connectivity index (χ2v) is 9.54.